The second kappa shape index (κ2) is 18.0. The van der Waals surface area contributed by atoms with Crippen LogP contribution in [-0.4, -0.2) is 0 Å². The summed E-state index contributed by atoms with van der Waals surface area (Å²) in [6.45, 7) is 4.00. The number of furan rings is 2. The van der Waals surface area contributed by atoms with Crippen molar-refractivity contribution in [1.29, 1.82) is 0 Å². The van der Waals surface area contributed by atoms with Gasteiger partial charge in [-0.3, -0.25) is 0 Å². The fraction of sp³-hybridized carbons (Fsp3) is 0.0323. The smallest absolute Gasteiger partial charge is 0.143 e. The molecule has 0 aliphatic heterocycles. The van der Waals surface area contributed by atoms with Crippen molar-refractivity contribution in [2.75, 3.05) is 14.7 Å². The van der Waals surface area contributed by atoms with Gasteiger partial charge < -0.3 is 23.5 Å². The molecule has 0 unspecified atom stereocenters. The Morgan fingerprint density at radius 1 is 0.254 bits per heavy atom. The van der Waals surface area contributed by atoms with Crippen molar-refractivity contribution in [1.82, 2.24) is 0 Å². The van der Waals surface area contributed by atoms with Crippen LogP contribution in [-0.2, 0) is 0 Å². The number of hydrogen-bond acceptors (Lipinski definition) is 5. The molecule has 0 saturated heterocycles. The number of para-hydroxylation sites is 6. The molecule has 0 aliphatic rings. The van der Waals surface area contributed by atoms with Crippen LogP contribution in [0.4, 0.5) is 51.2 Å². The fourth-order valence-electron chi connectivity index (χ4n) is 9.26. The molecule has 0 bridgehead atoms. The summed E-state index contributed by atoms with van der Waals surface area (Å²) in [4.78, 5) is 6.99. The maximum Gasteiger partial charge on any atom is 0.143 e. The summed E-state index contributed by atoms with van der Waals surface area (Å²) in [5.41, 5.74) is 14.9. The number of rotatable bonds is 10. The average Bonchev–Trinajstić information content (AvgIpc) is 3.97. The van der Waals surface area contributed by atoms with Gasteiger partial charge in [-0.05, 0) is 121 Å². The third-order valence-electron chi connectivity index (χ3n) is 12.2. The molecule has 0 amide bonds. The Kier molecular flexibility index (Phi) is 11.0. The van der Waals surface area contributed by atoms with Gasteiger partial charge in [0.15, 0.2) is 0 Å². The lowest BCUT2D eigenvalue weighted by Crippen LogP contribution is -2.14. The van der Waals surface area contributed by atoms with Crippen LogP contribution in [0, 0.1) is 0 Å². The van der Waals surface area contributed by atoms with Crippen molar-refractivity contribution in [3.8, 4) is 11.1 Å². The van der Waals surface area contributed by atoms with Crippen molar-refractivity contribution in [3.63, 3.8) is 0 Å². The Hall–Kier alpha value is -8.80. The highest BCUT2D eigenvalue weighted by Crippen LogP contribution is 2.45. The molecule has 2 aromatic heterocycles. The highest BCUT2D eigenvalue weighted by Gasteiger charge is 2.21. The van der Waals surface area contributed by atoms with Gasteiger partial charge in [-0.25, -0.2) is 0 Å². The first kappa shape index (κ1) is 40.9. The van der Waals surface area contributed by atoms with Crippen molar-refractivity contribution >= 4 is 95.1 Å². The van der Waals surface area contributed by atoms with Crippen molar-refractivity contribution < 1.29 is 8.83 Å². The third kappa shape index (κ3) is 7.73. The van der Waals surface area contributed by atoms with Gasteiger partial charge in [0.05, 0.1) is 0 Å². The number of benzene rings is 10. The Morgan fingerprint density at radius 3 is 1.19 bits per heavy atom. The molecule has 12 rings (SSSR count). The summed E-state index contributed by atoms with van der Waals surface area (Å²) in [6, 6.07) is 87.5. The van der Waals surface area contributed by atoms with Crippen LogP contribution in [0.25, 0.3) is 55.0 Å². The van der Waals surface area contributed by atoms with Gasteiger partial charge in [-0.1, -0.05) is 147 Å². The zero-order valence-corrected chi connectivity index (χ0v) is 37.3. The monoisotopic (exact) mass is 865 g/mol. The largest absolute Gasteiger partial charge is 0.456 e. The molecule has 5 nitrogen and oxygen atoms in total. The van der Waals surface area contributed by atoms with Crippen LogP contribution in [0.15, 0.2) is 258 Å². The standard InChI is InChI=1S/C60H41N3O2.C2H6/c1-4-19-43(20-5-1)61(44-21-6-2-7-22-44)47-26-15-27-48(39-47)62(45-23-8-3-9-24-45)49-28-16-29-50(40-49)63(51-36-37-59-56(41-51)54-31-11-12-34-57(54)64-59)46-25-14-18-42(38-46)52-32-17-33-55-53-30-10-13-35-58(53)65-60(52)55;1-2/h1-41H;1-2H3. The molecule has 10 aromatic carbocycles. The van der Waals surface area contributed by atoms with Crippen LogP contribution in [0.5, 0.6) is 0 Å². The molecular weight excluding hydrogens is 819 g/mol. The number of anilines is 9. The van der Waals surface area contributed by atoms with E-state index >= 15 is 0 Å². The molecule has 322 valence electrons. The first-order valence-corrected chi connectivity index (χ1v) is 22.9. The van der Waals surface area contributed by atoms with Crippen molar-refractivity contribution in [2.45, 2.75) is 13.8 Å². The van der Waals surface area contributed by atoms with Crippen molar-refractivity contribution in [3.05, 3.63) is 249 Å². The molecule has 0 saturated carbocycles. The lowest BCUT2D eigenvalue weighted by Gasteiger charge is -2.31. The summed E-state index contributed by atoms with van der Waals surface area (Å²) in [7, 11) is 0. The van der Waals surface area contributed by atoms with E-state index in [0.717, 1.165) is 106 Å². The van der Waals surface area contributed by atoms with Gasteiger partial charge in [0.1, 0.15) is 22.3 Å². The molecule has 0 spiro atoms. The number of hydrogen-bond donors (Lipinski definition) is 0. The average molecular weight is 866 g/mol. The Balaban J connectivity index is 0.00000244. The fourth-order valence-corrected chi connectivity index (χ4v) is 9.26. The normalized spacial score (nSPS) is 11.1. The maximum absolute atomic E-state index is 6.55. The maximum atomic E-state index is 6.55. The zero-order chi connectivity index (χ0) is 45.1. The summed E-state index contributed by atoms with van der Waals surface area (Å²) < 4.78 is 12.9. The molecule has 12 aromatic rings. The van der Waals surface area contributed by atoms with Crippen molar-refractivity contribution in [2.24, 2.45) is 0 Å². The van der Waals surface area contributed by atoms with E-state index in [0.29, 0.717) is 0 Å². The van der Waals surface area contributed by atoms with Gasteiger partial charge in [-0.15, -0.1) is 0 Å². The van der Waals surface area contributed by atoms with E-state index in [4.69, 9.17) is 8.83 Å². The SMILES string of the molecule is CC.c1ccc(N(c2ccccc2)c2cccc(N(c3ccccc3)c3cccc(N(c4cccc(-c5cccc6c5oc5ccccc56)c4)c4ccc5oc6ccccc6c5c4)c3)c2)cc1. The van der Waals surface area contributed by atoms with E-state index in [1.807, 2.05) is 38.1 Å². The first-order chi connectivity index (χ1) is 33.2. The second-order valence-corrected chi connectivity index (χ2v) is 16.2. The minimum atomic E-state index is 0.851. The summed E-state index contributed by atoms with van der Waals surface area (Å²) >= 11 is 0. The number of fused-ring (bicyclic) bond motifs is 6. The summed E-state index contributed by atoms with van der Waals surface area (Å²) in [6.07, 6.45) is 0. The predicted molar refractivity (Wildman–Crippen MR) is 282 cm³/mol. The lowest BCUT2D eigenvalue weighted by molar-refractivity contribution is 0.669. The molecule has 67 heavy (non-hydrogen) atoms. The first-order valence-electron chi connectivity index (χ1n) is 22.9. The van der Waals surface area contributed by atoms with Crippen LogP contribution >= 0.6 is 0 Å². The van der Waals surface area contributed by atoms with Gasteiger partial charge in [0.25, 0.3) is 0 Å². The minimum Gasteiger partial charge on any atom is -0.456 e. The van der Waals surface area contributed by atoms with Crippen LogP contribution in [0.3, 0.4) is 0 Å². The van der Waals surface area contributed by atoms with Gasteiger partial charge in [0, 0.05) is 78.3 Å². The Bertz CT molecular complexity index is 3600. The summed E-state index contributed by atoms with van der Waals surface area (Å²) in [5, 5.41) is 4.36. The Morgan fingerprint density at radius 2 is 0.627 bits per heavy atom. The summed E-state index contributed by atoms with van der Waals surface area (Å²) in [5.74, 6) is 0. The number of nitrogens with zero attached hydrogens (tertiary/aromatic N) is 3. The molecule has 2 heterocycles. The molecule has 0 radical (unpaired) electrons. The topological polar surface area (TPSA) is 36.0 Å². The third-order valence-corrected chi connectivity index (χ3v) is 12.2. The van der Waals surface area contributed by atoms with E-state index in [2.05, 4.69) is 239 Å². The molecule has 0 aliphatic carbocycles. The highest BCUT2D eigenvalue weighted by atomic mass is 16.3. The van der Waals surface area contributed by atoms with Crippen LogP contribution < -0.4 is 14.7 Å². The molecule has 0 atom stereocenters. The highest BCUT2D eigenvalue weighted by molar-refractivity contribution is 6.10. The van der Waals surface area contributed by atoms with E-state index in [1.165, 1.54) is 0 Å². The minimum absolute atomic E-state index is 0.851. The van der Waals surface area contributed by atoms with Crippen LogP contribution in [0.1, 0.15) is 13.8 Å². The quantitative estimate of drug-likeness (QED) is 0.137. The van der Waals surface area contributed by atoms with E-state index in [9.17, 15) is 0 Å². The van der Waals surface area contributed by atoms with E-state index in [-0.39, 0.29) is 0 Å². The molecule has 5 heteroatoms. The van der Waals surface area contributed by atoms with E-state index < -0.39 is 0 Å². The lowest BCUT2D eigenvalue weighted by atomic mass is 10.0. The molecular formula is C62H47N3O2. The van der Waals surface area contributed by atoms with Gasteiger partial charge >= 0.3 is 0 Å². The zero-order valence-electron chi connectivity index (χ0n) is 37.3. The Labute approximate surface area is 390 Å². The van der Waals surface area contributed by atoms with Crippen LogP contribution in [0.2, 0.25) is 0 Å². The predicted octanol–water partition coefficient (Wildman–Crippen LogP) is 18.6. The van der Waals surface area contributed by atoms with Gasteiger partial charge in [0.2, 0.25) is 0 Å². The molecule has 0 N–H and O–H groups in total. The van der Waals surface area contributed by atoms with E-state index in [1.54, 1.807) is 0 Å². The second-order valence-electron chi connectivity index (χ2n) is 16.2. The molecule has 0 fully saturated rings. The van der Waals surface area contributed by atoms with Gasteiger partial charge in [-0.2, -0.15) is 0 Å².